The van der Waals surface area contributed by atoms with E-state index in [0.717, 1.165) is 22.2 Å². The molecule has 0 spiro atoms. The SMILES string of the molecule is CC(C)n1cnc2cc(CC(=O)NCCc3ccc(F)cc3)ccc21. The molecule has 130 valence electrons. The Bertz CT molecular complexity index is 868. The van der Waals surface area contributed by atoms with E-state index in [1.54, 1.807) is 12.1 Å². The van der Waals surface area contributed by atoms with E-state index in [2.05, 4.69) is 28.7 Å². The lowest BCUT2D eigenvalue weighted by molar-refractivity contribution is -0.120. The number of benzene rings is 2. The van der Waals surface area contributed by atoms with Crippen LogP contribution in [0.2, 0.25) is 0 Å². The van der Waals surface area contributed by atoms with Gasteiger partial charge in [0.25, 0.3) is 0 Å². The van der Waals surface area contributed by atoms with Crippen LogP contribution in [0.3, 0.4) is 0 Å². The summed E-state index contributed by atoms with van der Waals surface area (Å²) >= 11 is 0. The van der Waals surface area contributed by atoms with E-state index in [-0.39, 0.29) is 11.7 Å². The molecule has 4 nitrogen and oxygen atoms in total. The lowest BCUT2D eigenvalue weighted by Crippen LogP contribution is -2.27. The van der Waals surface area contributed by atoms with Gasteiger partial charge in [0, 0.05) is 12.6 Å². The fourth-order valence-corrected chi connectivity index (χ4v) is 2.84. The molecule has 1 N–H and O–H groups in total. The van der Waals surface area contributed by atoms with Crippen LogP contribution in [0.5, 0.6) is 0 Å². The number of nitrogens with zero attached hydrogens (tertiary/aromatic N) is 2. The molecule has 0 saturated carbocycles. The summed E-state index contributed by atoms with van der Waals surface area (Å²) in [6.45, 7) is 4.77. The predicted molar refractivity (Wildman–Crippen MR) is 96.9 cm³/mol. The largest absolute Gasteiger partial charge is 0.355 e. The number of halogens is 1. The lowest BCUT2D eigenvalue weighted by atomic mass is 10.1. The van der Waals surface area contributed by atoms with Gasteiger partial charge in [0.05, 0.1) is 23.8 Å². The van der Waals surface area contributed by atoms with Crippen molar-refractivity contribution < 1.29 is 9.18 Å². The molecule has 0 unspecified atom stereocenters. The van der Waals surface area contributed by atoms with Gasteiger partial charge in [-0.3, -0.25) is 4.79 Å². The second-order valence-corrected chi connectivity index (χ2v) is 6.47. The lowest BCUT2D eigenvalue weighted by Gasteiger charge is -2.08. The molecule has 1 heterocycles. The molecule has 1 aromatic heterocycles. The average molecular weight is 339 g/mol. The third-order valence-corrected chi connectivity index (χ3v) is 4.21. The fraction of sp³-hybridized carbons (Fsp3) is 0.300. The van der Waals surface area contributed by atoms with Gasteiger partial charge in [0.1, 0.15) is 5.82 Å². The Morgan fingerprint density at radius 1 is 1.16 bits per heavy atom. The summed E-state index contributed by atoms with van der Waals surface area (Å²) in [6, 6.07) is 12.6. The highest BCUT2D eigenvalue weighted by Gasteiger charge is 2.08. The highest BCUT2D eigenvalue weighted by Crippen LogP contribution is 2.19. The number of amides is 1. The van der Waals surface area contributed by atoms with E-state index in [1.165, 1.54) is 12.1 Å². The number of imidazole rings is 1. The zero-order chi connectivity index (χ0) is 17.8. The van der Waals surface area contributed by atoms with Crippen LogP contribution in [0.15, 0.2) is 48.8 Å². The van der Waals surface area contributed by atoms with Crippen molar-refractivity contribution in [3.8, 4) is 0 Å². The molecule has 3 aromatic rings. The number of fused-ring (bicyclic) bond motifs is 1. The van der Waals surface area contributed by atoms with Crippen molar-refractivity contribution in [1.82, 2.24) is 14.9 Å². The molecule has 25 heavy (non-hydrogen) atoms. The average Bonchev–Trinajstić information content (AvgIpc) is 3.00. The van der Waals surface area contributed by atoms with Crippen LogP contribution in [0.25, 0.3) is 11.0 Å². The summed E-state index contributed by atoms with van der Waals surface area (Å²) in [5.41, 5.74) is 3.93. The van der Waals surface area contributed by atoms with Crippen molar-refractivity contribution in [2.75, 3.05) is 6.54 Å². The molecule has 3 rings (SSSR count). The van der Waals surface area contributed by atoms with Crippen molar-refractivity contribution in [3.63, 3.8) is 0 Å². The number of nitrogens with one attached hydrogen (secondary N) is 1. The van der Waals surface area contributed by atoms with Gasteiger partial charge < -0.3 is 9.88 Å². The van der Waals surface area contributed by atoms with E-state index < -0.39 is 0 Å². The number of aromatic nitrogens is 2. The monoisotopic (exact) mass is 339 g/mol. The third kappa shape index (κ3) is 4.24. The van der Waals surface area contributed by atoms with Crippen LogP contribution >= 0.6 is 0 Å². The molecule has 1 amide bonds. The van der Waals surface area contributed by atoms with Gasteiger partial charge in [-0.15, -0.1) is 0 Å². The van der Waals surface area contributed by atoms with Crippen LogP contribution in [-0.4, -0.2) is 22.0 Å². The Kier molecular flexibility index (Phi) is 5.12. The Morgan fingerprint density at radius 2 is 1.88 bits per heavy atom. The second-order valence-electron chi connectivity index (χ2n) is 6.47. The summed E-state index contributed by atoms with van der Waals surface area (Å²) in [7, 11) is 0. The number of rotatable bonds is 6. The van der Waals surface area contributed by atoms with Gasteiger partial charge >= 0.3 is 0 Å². The molecular formula is C20H22FN3O. The zero-order valence-electron chi connectivity index (χ0n) is 14.5. The van der Waals surface area contributed by atoms with Crippen molar-refractivity contribution in [3.05, 3.63) is 65.7 Å². The Labute approximate surface area is 146 Å². The first-order chi connectivity index (χ1) is 12.0. The molecule has 0 saturated heterocycles. The highest BCUT2D eigenvalue weighted by molar-refractivity contribution is 5.81. The highest BCUT2D eigenvalue weighted by atomic mass is 19.1. The summed E-state index contributed by atoms with van der Waals surface area (Å²) in [6.07, 6.45) is 2.85. The Balaban J connectivity index is 1.55. The zero-order valence-corrected chi connectivity index (χ0v) is 14.5. The summed E-state index contributed by atoms with van der Waals surface area (Å²) in [5.74, 6) is -0.271. The van der Waals surface area contributed by atoms with Gasteiger partial charge in [-0.1, -0.05) is 18.2 Å². The van der Waals surface area contributed by atoms with Crippen LogP contribution < -0.4 is 5.32 Å². The molecule has 0 fully saturated rings. The van der Waals surface area contributed by atoms with E-state index >= 15 is 0 Å². The normalized spacial score (nSPS) is 11.2. The maximum Gasteiger partial charge on any atom is 0.224 e. The number of carbonyl (C=O) groups excluding carboxylic acids is 1. The number of hydrogen-bond acceptors (Lipinski definition) is 2. The van der Waals surface area contributed by atoms with Crippen molar-refractivity contribution in [1.29, 1.82) is 0 Å². The Hall–Kier alpha value is -2.69. The van der Waals surface area contributed by atoms with Gasteiger partial charge in [0.2, 0.25) is 5.91 Å². The maximum atomic E-state index is 12.9. The molecule has 0 aliphatic carbocycles. The molecule has 0 atom stereocenters. The topological polar surface area (TPSA) is 46.9 Å². The maximum absolute atomic E-state index is 12.9. The van der Waals surface area contributed by atoms with Crippen molar-refractivity contribution >= 4 is 16.9 Å². The fourth-order valence-electron chi connectivity index (χ4n) is 2.84. The molecule has 2 aromatic carbocycles. The van der Waals surface area contributed by atoms with Gasteiger partial charge in [-0.05, 0) is 55.7 Å². The van der Waals surface area contributed by atoms with Crippen LogP contribution in [0.1, 0.15) is 31.0 Å². The molecule has 0 aliphatic rings. The molecule has 0 aliphatic heterocycles. The summed E-state index contributed by atoms with van der Waals surface area (Å²) in [5, 5.41) is 2.91. The molecule has 0 radical (unpaired) electrons. The van der Waals surface area contributed by atoms with Gasteiger partial charge in [0.15, 0.2) is 0 Å². The first-order valence-electron chi connectivity index (χ1n) is 8.49. The summed E-state index contributed by atoms with van der Waals surface area (Å²) in [4.78, 5) is 16.5. The second kappa shape index (κ2) is 7.47. The van der Waals surface area contributed by atoms with E-state index in [4.69, 9.17) is 0 Å². The first kappa shape index (κ1) is 17.1. The molecule has 0 bridgehead atoms. The third-order valence-electron chi connectivity index (χ3n) is 4.21. The van der Waals surface area contributed by atoms with E-state index in [1.807, 2.05) is 24.5 Å². The van der Waals surface area contributed by atoms with Crippen LogP contribution in [0.4, 0.5) is 4.39 Å². The number of hydrogen-bond donors (Lipinski definition) is 1. The van der Waals surface area contributed by atoms with Crippen LogP contribution in [-0.2, 0) is 17.6 Å². The Morgan fingerprint density at radius 3 is 2.60 bits per heavy atom. The first-order valence-corrected chi connectivity index (χ1v) is 8.49. The quantitative estimate of drug-likeness (QED) is 0.745. The summed E-state index contributed by atoms with van der Waals surface area (Å²) < 4.78 is 15.0. The molecular weight excluding hydrogens is 317 g/mol. The smallest absolute Gasteiger partial charge is 0.224 e. The minimum atomic E-state index is -0.247. The van der Waals surface area contributed by atoms with E-state index in [0.29, 0.717) is 25.4 Å². The van der Waals surface area contributed by atoms with Crippen molar-refractivity contribution in [2.45, 2.75) is 32.7 Å². The minimum absolute atomic E-state index is 0.0234. The number of carbonyl (C=O) groups is 1. The van der Waals surface area contributed by atoms with Gasteiger partial charge in [-0.2, -0.15) is 0 Å². The standard InChI is InChI=1S/C20H22FN3O/c1-14(2)24-13-23-18-11-16(5-8-19(18)24)12-20(25)22-10-9-15-3-6-17(21)7-4-15/h3-8,11,13-14H,9-10,12H2,1-2H3,(H,22,25). The van der Waals surface area contributed by atoms with E-state index in [9.17, 15) is 9.18 Å². The van der Waals surface area contributed by atoms with Crippen molar-refractivity contribution in [2.24, 2.45) is 0 Å². The minimum Gasteiger partial charge on any atom is -0.355 e. The van der Waals surface area contributed by atoms with Gasteiger partial charge in [-0.25, -0.2) is 9.37 Å². The molecule has 5 heteroatoms. The van der Waals surface area contributed by atoms with Crippen LogP contribution in [0, 0.1) is 5.82 Å². The predicted octanol–water partition coefficient (Wildman–Crippen LogP) is 3.66.